The maximum atomic E-state index is 10.0. The van der Waals surface area contributed by atoms with Crippen LogP contribution in [0, 0.1) is 18.3 Å². The van der Waals surface area contributed by atoms with Crippen LogP contribution in [0.4, 0.5) is 0 Å². The van der Waals surface area contributed by atoms with E-state index in [9.17, 15) is 4.79 Å². The van der Waals surface area contributed by atoms with E-state index in [1.807, 2.05) is 13.0 Å². The van der Waals surface area contributed by atoms with Crippen molar-refractivity contribution in [2.24, 2.45) is 0 Å². The van der Waals surface area contributed by atoms with Crippen LogP contribution in [-0.2, 0) is 11.3 Å². The second-order valence-corrected chi connectivity index (χ2v) is 2.61. The minimum atomic E-state index is 0.396. The van der Waals surface area contributed by atoms with Crippen molar-refractivity contribution in [1.29, 1.82) is 5.26 Å². The van der Waals surface area contributed by atoms with Crippen molar-refractivity contribution in [1.82, 2.24) is 10.3 Å². The number of hydrogen-bond donors (Lipinski definition) is 1. The van der Waals surface area contributed by atoms with Crippen molar-refractivity contribution < 1.29 is 4.79 Å². The molecule has 0 aliphatic carbocycles. The van der Waals surface area contributed by atoms with E-state index in [1.54, 1.807) is 12.3 Å². The molecule has 1 heterocycles. The van der Waals surface area contributed by atoms with Gasteiger partial charge in [0.2, 0.25) is 6.41 Å². The Balaban J connectivity index is 2.86. The molecule has 0 radical (unpaired) electrons. The lowest BCUT2D eigenvalue weighted by atomic mass is 10.1. The first-order valence-electron chi connectivity index (χ1n) is 3.80. The van der Waals surface area contributed by atoms with Crippen LogP contribution in [0.1, 0.15) is 16.8 Å². The first-order valence-corrected chi connectivity index (χ1v) is 3.80. The van der Waals surface area contributed by atoms with Gasteiger partial charge in [-0.3, -0.25) is 4.79 Å². The van der Waals surface area contributed by atoms with Crippen molar-refractivity contribution in [3.8, 4) is 6.07 Å². The summed E-state index contributed by atoms with van der Waals surface area (Å²) in [6.07, 6.45) is 2.24. The highest BCUT2D eigenvalue weighted by Gasteiger charge is 1.99. The van der Waals surface area contributed by atoms with E-state index in [1.165, 1.54) is 0 Å². The number of nitriles is 1. The number of carbonyl (C=O) groups is 1. The normalized spacial score (nSPS) is 8.92. The van der Waals surface area contributed by atoms with Gasteiger partial charge in [0, 0.05) is 12.7 Å². The predicted molar refractivity (Wildman–Crippen MR) is 46.6 cm³/mol. The third-order valence-electron chi connectivity index (χ3n) is 1.71. The van der Waals surface area contributed by atoms with Gasteiger partial charge in [0.1, 0.15) is 11.8 Å². The van der Waals surface area contributed by atoms with Gasteiger partial charge in [-0.15, -0.1) is 0 Å². The molecule has 1 N–H and O–H groups in total. The van der Waals surface area contributed by atoms with Gasteiger partial charge < -0.3 is 5.32 Å². The van der Waals surface area contributed by atoms with Gasteiger partial charge in [-0.25, -0.2) is 4.98 Å². The summed E-state index contributed by atoms with van der Waals surface area (Å²) in [4.78, 5) is 13.9. The largest absolute Gasteiger partial charge is 0.355 e. The highest BCUT2D eigenvalue weighted by molar-refractivity contribution is 5.46. The average Bonchev–Trinajstić information content (AvgIpc) is 2.16. The highest BCUT2D eigenvalue weighted by Crippen LogP contribution is 2.06. The maximum Gasteiger partial charge on any atom is 0.207 e. The molecule has 66 valence electrons. The first kappa shape index (κ1) is 9.20. The molecule has 0 aliphatic heterocycles. The zero-order chi connectivity index (χ0) is 9.68. The summed E-state index contributed by atoms with van der Waals surface area (Å²) < 4.78 is 0. The summed E-state index contributed by atoms with van der Waals surface area (Å²) >= 11 is 0. The molecule has 1 rings (SSSR count). The van der Waals surface area contributed by atoms with E-state index in [2.05, 4.69) is 10.3 Å². The van der Waals surface area contributed by atoms with E-state index < -0.39 is 0 Å². The van der Waals surface area contributed by atoms with Crippen LogP contribution in [0.15, 0.2) is 12.3 Å². The van der Waals surface area contributed by atoms with Crippen molar-refractivity contribution in [2.45, 2.75) is 13.5 Å². The second kappa shape index (κ2) is 4.21. The third-order valence-corrected chi connectivity index (χ3v) is 1.71. The summed E-state index contributed by atoms with van der Waals surface area (Å²) in [6.45, 7) is 2.33. The topological polar surface area (TPSA) is 65.8 Å². The molecule has 0 spiro atoms. The third kappa shape index (κ3) is 2.27. The van der Waals surface area contributed by atoms with Crippen LogP contribution in [-0.4, -0.2) is 11.4 Å². The Morgan fingerprint density at radius 2 is 2.54 bits per heavy atom. The van der Waals surface area contributed by atoms with Gasteiger partial charge in [0.25, 0.3) is 0 Å². The molecule has 0 saturated carbocycles. The lowest BCUT2D eigenvalue weighted by Crippen LogP contribution is -2.11. The van der Waals surface area contributed by atoms with Gasteiger partial charge in [-0.1, -0.05) is 0 Å². The molecule has 0 bridgehead atoms. The fraction of sp³-hybridized carbons (Fsp3) is 0.222. The number of aromatic nitrogens is 1. The van der Waals surface area contributed by atoms with Crippen molar-refractivity contribution >= 4 is 6.41 Å². The average molecular weight is 175 g/mol. The molecule has 1 aromatic heterocycles. The monoisotopic (exact) mass is 175 g/mol. The quantitative estimate of drug-likeness (QED) is 0.680. The number of amides is 1. The Bertz CT molecular complexity index is 354. The Morgan fingerprint density at radius 3 is 3.08 bits per heavy atom. The minimum Gasteiger partial charge on any atom is -0.355 e. The Kier molecular flexibility index (Phi) is 2.98. The van der Waals surface area contributed by atoms with E-state index in [-0.39, 0.29) is 0 Å². The molecule has 1 aromatic rings. The van der Waals surface area contributed by atoms with Crippen LogP contribution in [0.5, 0.6) is 0 Å². The number of nitrogens with one attached hydrogen (secondary N) is 1. The molecule has 0 saturated heterocycles. The number of pyridine rings is 1. The number of carbonyl (C=O) groups excluding carboxylic acids is 1. The fourth-order valence-corrected chi connectivity index (χ4v) is 0.982. The standard InChI is InChI=1S/C9H9N3O/c1-7-2-9(3-10)12-5-8(7)4-11-6-13/h2,5-6H,4H2,1H3,(H,11,13). The highest BCUT2D eigenvalue weighted by atomic mass is 16.1. The van der Waals surface area contributed by atoms with E-state index in [4.69, 9.17) is 5.26 Å². The molecule has 4 nitrogen and oxygen atoms in total. The summed E-state index contributed by atoms with van der Waals surface area (Å²) in [6, 6.07) is 3.65. The second-order valence-electron chi connectivity index (χ2n) is 2.61. The van der Waals surface area contributed by atoms with Gasteiger partial charge in [0.05, 0.1) is 0 Å². The molecule has 0 aromatic carbocycles. The summed E-state index contributed by atoms with van der Waals surface area (Å²) in [7, 11) is 0. The molecular weight excluding hydrogens is 166 g/mol. The smallest absolute Gasteiger partial charge is 0.207 e. The van der Waals surface area contributed by atoms with Gasteiger partial charge in [-0.05, 0) is 24.1 Å². The van der Waals surface area contributed by atoms with E-state index >= 15 is 0 Å². The molecule has 0 aliphatic rings. The van der Waals surface area contributed by atoms with Crippen LogP contribution in [0.3, 0.4) is 0 Å². The molecule has 0 unspecified atom stereocenters. The minimum absolute atomic E-state index is 0.396. The first-order chi connectivity index (χ1) is 6.27. The van der Waals surface area contributed by atoms with Crippen LogP contribution >= 0.6 is 0 Å². The predicted octanol–water partition coefficient (Wildman–Crippen LogP) is 0.508. The molecule has 4 heteroatoms. The zero-order valence-corrected chi connectivity index (χ0v) is 7.24. The Labute approximate surface area is 76.2 Å². The molecule has 1 amide bonds. The van der Waals surface area contributed by atoms with Crippen molar-refractivity contribution in [2.75, 3.05) is 0 Å². The van der Waals surface area contributed by atoms with Gasteiger partial charge >= 0.3 is 0 Å². The maximum absolute atomic E-state index is 10.0. The number of aryl methyl sites for hydroxylation is 1. The summed E-state index contributed by atoms with van der Waals surface area (Å²) in [5.74, 6) is 0. The van der Waals surface area contributed by atoms with Gasteiger partial charge in [0.15, 0.2) is 0 Å². The van der Waals surface area contributed by atoms with Crippen molar-refractivity contribution in [3.05, 3.63) is 29.1 Å². The van der Waals surface area contributed by atoms with Crippen LogP contribution in [0.25, 0.3) is 0 Å². The Hall–Kier alpha value is -1.89. The van der Waals surface area contributed by atoms with Crippen molar-refractivity contribution in [3.63, 3.8) is 0 Å². The number of rotatable bonds is 3. The van der Waals surface area contributed by atoms with E-state index in [0.717, 1.165) is 11.1 Å². The number of nitrogens with zero attached hydrogens (tertiary/aromatic N) is 2. The Morgan fingerprint density at radius 1 is 1.77 bits per heavy atom. The lowest BCUT2D eigenvalue weighted by molar-refractivity contribution is -0.109. The zero-order valence-electron chi connectivity index (χ0n) is 7.24. The fourth-order valence-electron chi connectivity index (χ4n) is 0.982. The lowest BCUT2D eigenvalue weighted by Gasteiger charge is -2.03. The van der Waals surface area contributed by atoms with Gasteiger partial charge in [-0.2, -0.15) is 5.26 Å². The molecule has 0 atom stereocenters. The summed E-state index contributed by atoms with van der Waals surface area (Å²) in [5.41, 5.74) is 2.28. The van der Waals surface area contributed by atoms with Crippen LogP contribution in [0.2, 0.25) is 0 Å². The summed E-state index contributed by atoms with van der Waals surface area (Å²) in [5, 5.41) is 11.1. The number of hydrogen-bond acceptors (Lipinski definition) is 3. The molecular formula is C9H9N3O. The molecule has 13 heavy (non-hydrogen) atoms. The molecule has 0 fully saturated rings. The van der Waals surface area contributed by atoms with E-state index in [0.29, 0.717) is 18.6 Å². The van der Waals surface area contributed by atoms with Crippen LogP contribution < -0.4 is 5.32 Å². The SMILES string of the molecule is Cc1cc(C#N)ncc1CNC=O.